The van der Waals surface area contributed by atoms with E-state index in [1.54, 1.807) is 0 Å². The predicted molar refractivity (Wildman–Crippen MR) is 61.2 cm³/mol. The minimum Gasteiger partial charge on any atom is -0.326 e. The Morgan fingerprint density at radius 2 is 1.94 bits per heavy atom. The molecule has 1 aromatic carbocycles. The van der Waals surface area contributed by atoms with Crippen LogP contribution in [-0.2, 0) is 0 Å². The van der Waals surface area contributed by atoms with Gasteiger partial charge in [-0.05, 0) is 12.1 Å². The van der Waals surface area contributed by atoms with E-state index in [1.807, 2.05) is 0 Å². The highest BCUT2D eigenvalue weighted by Crippen LogP contribution is 2.24. The van der Waals surface area contributed by atoms with Gasteiger partial charge >= 0.3 is 0 Å². The Hall–Kier alpha value is -2.50. The van der Waals surface area contributed by atoms with E-state index >= 15 is 0 Å². The van der Waals surface area contributed by atoms with E-state index < -0.39 is 11.6 Å². The van der Waals surface area contributed by atoms with Crippen LogP contribution in [0, 0.1) is 11.6 Å². The molecule has 6 heteroatoms. The molecule has 3 aromatic rings. The smallest absolute Gasteiger partial charge is 0.273 e. The van der Waals surface area contributed by atoms with Crippen LogP contribution in [0.25, 0.3) is 16.9 Å². The standard InChI is InChI=1S/C12H7F2N3O/c13-7-2-1-3-8(14)10(7)11-16-6-9-12(18)15-4-5-17(9)11/h1-6H,(H,15,18). The van der Waals surface area contributed by atoms with Crippen LogP contribution in [0.15, 0.2) is 41.6 Å². The summed E-state index contributed by atoms with van der Waals surface area (Å²) in [4.78, 5) is 17.9. The molecule has 2 aromatic heterocycles. The topological polar surface area (TPSA) is 50.2 Å². The second kappa shape index (κ2) is 3.76. The fraction of sp³-hybridized carbons (Fsp3) is 0. The van der Waals surface area contributed by atoms with E-state index in [4.69, 9.17) is 0 Å². The lowest BCUT2D eigenvalue weighted by Gasteiger charge is -2.03. The molecule has 0 unspecified atom stereocenters. The van der Waals surface area contributed by atoms with Crippen molar-refractivity contribution in [3.8, 4) is 11.4 Å². The fourth-order valence-corrected chi connectivity index (χ4v) is 1.84. The highest BCUT2D eigenvalue weighted by molar-refractivity contribution is 5.62. The Labute approximate surface area is 99.5 Å². The summed E-state index contributed by atoms with van der Waals surface area (Å²) in [6.07, 6.45) is 4.16. The SMILES string of the molecule is O=c1[nH]ccn2c(-c3c(F)cccc3F)ncc12. The summed E-state index contributed by atoms with van der Waals surface area (Å²) in [5.74, 6) is -1.38. The van der Waals surface area contributed by atoms with Crippen molar-refractivity contribution in [2.24, 2.45) is 0 Å². The van der Waals surface area contributed by atoms with Crippen molar-refractivity contribution in [1.29, 1.82) is 0 Å². The van der Waals surface area contributed by atoms with Crippen LogP contribution in [0.5, 0.6) is 0 Å². The highest BCUT2D eigenvalue weighted by Gasteiger charge is 2.16. The van der Waals surface area contributed by atoms with Crippen LogP contribution in [0.2, 0.25) is 0 Å². The molecular weight excluding hydrogens is 240 g/mol. The maximum absolute atomic E-state index is 13.7. The molecule has 0 atom stereocenters. The van der Waals surface area contributed by atoms with Gasteiger partial charge in [0.25, 0.3) is 5.56 Å². The van der Waals surface area contributed by atoms with Crippen molar-refractivity contribution < 1.29 is 8.78 Å². The van der Waals surface area contributed by atoms with Gasteiger partial charge in [0.1, 0.15) is 17.2 Å². The predicted octanol–water partition coefficient (Wildman–Crippen LogP) is 1.97. The first kappa shape index (κ1) is 10.6. The van der Waals surface area contributed by atoms with E-state index in [1.165, 1.54) is 29.1 Å². The van der Waals surface area contributed by atoms with Gasteiger partial charge in [-0.2, -0.15) is 0 Å². The number of halogens is 2. The molecule has 0 radical (unpaired) electrons. The second-order valence-corrected chi connectivity index (χ2v) is 3.72. The molecule has 18 heavy (non-hydrogen) atoms. The molecule has 0 saturated heterocycles. The number of nitrogens with one attached hydrogen (secondary N) is 1. The van der Waals surface area contributed by atoms with Gasteiger partial charge in [0, 0.05) is 12.4 Å². The molecule has 0 aliphatic carbocycles. The molecule has 90 valence electrons. The molecule has 0 saturated carbocycles. The minimum atomic E-state index is -0.720. The molecule has 2 heterocycles. The van der Waals surface area contributed by atoms with E-state index in [2.05, 4.69) is 9.97 Å². The van der Waals surface area contributed by atoms with Crippen molar-refractivity contribution in [3.05, 3.63) is 58.8 Å². The zero-order chi connectivity index (χ0) is 12.7. The van der Waals surface area contributed by atoms with Crippen LogP contribution < -0.4 is 5.56 Å². The van der Waals surface area contributed by atoms with Crippen LogP contribution in [0.1, 0.15) is 0 Å². The summed E-state index contributed by atoms with van der Waals surface area (Å²) in [6, 6.07) is 3.57. The monoisotopic (exact) mass is 247 g/mol. The third-order valence-electron chi connectivity index (χ3n) is 2.65. The number of H-pyrrole nitrogens is 1. The van der Waals surface area contributed by atoms with Crippen molar-refractivity contribution in [2.75, 3.05) is 0 Å². The van der Waals surface area contributed by atoms with Crippen LogP contribution in [-0.4, -0.2) is 14.4 Å². The van der Waals surface area contributed by atoms with Gasteiger partial charge in [0.05, 0.1) is 11.8 Å². The zero-order valence-electron chi connectivity index (χ0n) is 9.02. The number of aromatic amines is 1. The van der Waals surface area contributed by atoms with E-state index in [0.29, 0.717) is 0 Å². The molecule has 0 bridgehead atoms. The third kappa shape index (κ3) is 1.42. The molecule has 4 nitrogen and oxygen atoms in total. The molecular formula is C12H7F2N3O. The van der Waals surface area contributed by atoms with Crippen molar-refractivity contribution in [2.45, 2.75) is 0 Å². The lowest BCUT2D eigenvalue weighted by atomic mass is 10.2. The summed E-state index contributed by atoms with van der Waals surface area (Å²) in [5, 5.41) is 0. The average molecular weight is 247 g/mol. The van der Waals surface area contributed by atoms with Gasteiger partial charge in [-0.1, -0.05) is 6.07 Å². The van der Waals surface area contributed by atoms with Crippen molar-refractivity contribution in [1.82, 2.24) is 14.4 Å². The quantitative estimate of drug-likeness (QED) is 0.714. The minimum absolute atomic E-state index is 0.0618. The lowest BCUT2D eigenvalue weighted by Crippen LogP contribution is -2.08. The average Bonchev–Trinajstić information content (AvgIpc) is 2.75. The molecule has 3 rings (SSSR count). The Kier molecular flexibility index (Phi) is 2.22. The van der Waals surface area contributed by atoms with Crippen molar-refractivity contribution in [3.63, 3.8) is 0 Å². The first-order chi connectivity index (χ1) is 8.68. The van der Waals surface area contributed by atoms with E-state index in [0.717, 1.165) is 12.1 Å². The van der Waals surface area contributed by atoms with Crippen LogP contribution >= 0.6 is 0 Å². The maximum Gasteiger partial charge on any atom is 0.273 e. The molecule has 1 N–H and O–H groups in total. The van der Waals surface area contributed by atoms with Crippen LogP contribution in [0.4, 0.5) is 8.78 Å². The number of rotatable bonds is 1. The maximum atomic E-state index is 13.7. The third-order valence-corrected chi connectivity index (χ3v) is 2.65. The zero-order valence-corrected chi connectivity index (χ0v) is 9.02. The normalized spacial score (nSPS) is 11.0. The molecule has 0 aliphatic heterocycles. The summed E-state index contributed by atoms with van der Waals surface area (Å²) in [5.41, 5.74) is -0.383. The largest absolute Gasteiger partial charge is 0.326 e. The van der Waals surface area contributed by atoms with E-state index in [-0.39, 0.29) is 22.5 Å². The lowest BCUT2D eigenvalue weighted by molar-refractivity contribution is 0.587. The summed E-state index contributed by atoms with van der Waals surface area (Å²) in [6.45, 7) is 0. The number of nitrogens with zero attached hydrogens (tertiary/aromatic N) is 2. The first-order valence-corrected chi connectivity index (χ1v) is 5.17. The van der Waals surface area contributed by atoms with Crippen molar-refractivity contribution >= 4 is 5.52 Å². The number of aromatic nitrogens is 3. The summed E-state index contributed by atoms with van der Waals surface area (Å²) in [7, 11) is 0. The Morgan fingerprint density at radius 3 is 2.67 bits per heavy atom. The van der Waals surface area contributed by atoms with Gasteiger partial charge in [0.15, 0.2) is 5.82 Å². The van der Waals surface area contributed by atoms with Gasteiger partial charge in [-0.15, -0.1) is 0 Å². The van der Waals surface area contributed by atoms with Gasteiger partial charge < -0.3 is 4.98 Å². The Balaban J connectivity index is 2.40. The molecule has 0 amide bonds. The number of hydrogen-bond donors (Lipinski definition) is 1. The number of fused-ring (bicyclic) bond motifs is 1. The summed E-state index contributed by atoms with van der Waals surface area (Å²) < 4.78 is 28.7. The number of hydrogen-bond acceptors (Lipinski definition) is 2. The first-order valence-electron chi connectivity index (χ1n) is 5.17. The molecule has 0 spiro atoms. The molecule has 0 fully saturated rings. The number of imidazole rings is 1. The fourth-order valence-electron chi connectivity index (χ4n) is 1.84. The number of benzene rings is 1. The van der Waals surface area contributed by atoms with Gasteiger partial charge in [0.2, 0.25) is 0 Å². The second-order valence-electron chi connectivity index (χ2n) is 3.72. The van der Waals surface area contributed by atoms with E-state index in [9.17, 15) is 13.6 Å². The van der Waals surface area contributed by atoms with Gasteiger partial charge in [-0.25, -0.2) is 13.8 Å². The molecule has 0 aliphatic rings. The Bertz CT molecular complexity index is 771. The van der Waals surface area contributed by atoms with Crippen LogP contribution in [0.3, 0.4) is 0 Å². The highest BCUT2D eigenvalue weighted by atomic mass is 19.1. The Morgan fingerprint density at radius 1 is 1.22 bits per heavy atom. The van der Waals surface area contributed by atoms with Gasteiger partial charge in [-0.3, -0.25) is 9.20 Å². The summed E-state index contributed by atoms with van der Waals surface area (Å²) >= 11 is 0.